The first kappa shape index (κ1) is 28.0. The van der Waals surface area contributed by atoms with Crippen molar-refractivity contribution in [3.05, 3.63) is 100 Å². The molecular formula is C23H23Cl2N5O2SSn. The van der Waals surface area contributed by atoms with Crippen LogP contribution in [0.3, 0.4) is 0 Å². The Bertz CT molecular complexity index is 1060. The Labute approximate surface area is 219 Å². The summed E-state index contributed by atoms with van der Waals surface area (Å²) in [5, 5.41) is 15.4. The molecule has 1 N–H and O–H groups in total. The number of nitro benzene ring substituents is 1. The van der Waals surface area contributed by atoms with Crippen molar-refractivity contribution in [1.29, 1.82) is 0 Å². The number of para-hydroxylation sites is 2. The van der Waals surface area contributed by atoms with Gasteiger partial charge in [-0.15, -0.1) is 0 Å². The normalized spacial score (nSPS) is 11.3. The van der Waals surface area contributed by atoms with Gasteiger partial charge in [-0.3, -0.25) is 25.5 Å². The smallest absolute Gasteiger partial charge is 0.294 e. The van der Waals surface area contributed by atoms with Crippen molar-refractivity contribution in [3.63, 3.8) is 0 Å². The molecule has 0 unspecified atom stereocenters. The van der Waals surface area contributed by atoms with Crippen LogP contribution in [0.4, 0.5) is 11.4 Å². The van der Waals surface area contributed by atoms with Gasteiger partial charge in [0.2, 0.25) is 0 Å². The Morgan fingerprint density at radius 2 is 1.76 bits per heavy atom. The molecule has 11 heteroatoms. The van der Waals surface area contributed by atoms with Crippen LogP contribution in [0, 0.1) is 10.1 Å². The molecule has 0 aliphatic carbocycles. The molecule has 176 valence electrons. The first-order chi connectivity index (χ1) is 16.4. The van der Waals surface area contributed by atoms with E-state index in [2.05, 4.69) is 27.4 Å². The molecule has 2 aromatic carbocycles. The van der Waals surface area contributed by atoms with E-state index < -0.39 is 22.4 Å². The van der Waals surface area contributed by atoms with Gasteiger partial charge in [0.15, 0.2) is 0 Å². The Morgan fingerprint density at radius 3 is 2.35 bits per heavy atom. The molecule has 0 saturated heterocycles. The number of benzene rings is 2. The third-order valence-corrected chi connectivity index (χ3v) is 9.04. The zero-order valence-electron chi connectivity index (χ0n) is 18.4. The Balaban J connectivity index is 0.000000509. The van der Waals surface area contributed by atoms with Gasteiger partial charge in [0.25, 0.3) is 5.69 Å². The third-order valence-electron chi connectivity index (χ3n) is 4.24. The van der Waals surface area contributed by atoms with Gasteiger partial charge in [0, 0.05) is 23.0 Å². The fourth-order valence-electron chi connectivity index (χ4n) is 2.63. The number of halogens is 2. The molecule has 0 aliphatic heterocycles. The number of hydrogen-bond acceptors (Lipinski definition) is 6. The van der Waals surface area contributed by atoms with E-state index in [0.29, 0.717) is 11.4 Å². The van der Waals surface area contributed by atoms with Crippen molar-refractivity contribution in [2.75, 3.05) is 0 Å². The number of hydrogen-bond donors (Lipinski definition) is 1. The van der Waals surface area contributed by atoms with Gasteiger partial charge in [-0.25, -0.2) is 0 Å². The molecular weight excluding hydrogens is 600 g/mol. The van der Waals surface area contributed by atoms with E-state index in [1.54, 1.807) is 18.3 Å². The van der Waals surface area contributed by atoms with Crippen molar-refractivity contribution in [2.45, 2.75) is 24.2 Å². The minimum absolute atomic E-state index is 0.00802. The van der Waals surface area contributed by atoms with Crippen LogP contribution in [0.5, 0.6) is 0 Å². The van der Waals surface area contributed by atoms with Crippen molar-refractivity contribution >= 4 is 70.2 Å². The van der Waals surface area contributed by atoms with Gasteiger partial charge < -0.3 is 12.6 Å². The number of aromatic nitrogens is 1. The van der Waals surface area contributed by atoms with E-state index in [9.17, 15) is 10.1 Å². The van der Waals surface area contributed by atoms with Crippen LogP contribution >= 0.6 is 17.8 Å². The maximum atomic E-state index is 11.1. The van der Waals surface area contributed by atoms with Crippen LogP contribution < -0.4 is 5.43 Å². The van der Waals surface area contributed by atoms with E-state index >= 15 is 0 Å². The van der Waals surface area contributed by atoms with E-state index in [1.165, 1.54) is 25.0 Å². The molecule has 0 bridgehead atoms. The summed E-state index contributed by atoms with van der Waals surface area (Å²) < 4.78 is 1.13. The summed E-state index contributed by atoms with van der Waals surface area (Å²) >= 11 is 3.48. The second kappa shape index (κ2) is 15.6. The van der Waals surface area contributed by atoms with Crippen LogP contribution in [0.1, 0.15) is 31.0 Å². The Hall–Kier alpha value is -2.27. The SMILES string of the molecule is CCC[CH2][Sn+]([Cl])[Cl].O=[N+]([O-])c1ccccc1N=C([S-])N/N=C(\c1ccccc1)c1ccccn1. The summed E-state index contributed by atoms with van der Waals surface area (Å²) in [6.45, 7) is 2.15. The number of hydrazone groups is 1. The molecule has 1 heterocycles. The molecule has 34 heavy (non-hydrogen) atoms. The minimum atomic E-state index is -1.70. The number of nitrogens with one attached hydrogen (secondary N) is 1. The fraction of sp³-hybridized carbons (Fsp3) is 0.174. The van der Waals surface area contributed by atoms with Gasteiger partial charge in [-0.2, -0.15) is 5.10 Å². The van der Waals surface area contributed by atoms with Crippen LogP contribution in [-0.4, -0.2) is 38.3 Å². The number of aliphatic imine (C=N–C) groups is 1. The van der Waals surface area contributed by atoms with E-state index in [1.807, 2.05) is 48.5 Å². The number of nitro groups is 1. The maximum Gasteiger partial charge on any atom is 0.294 e. The second-order valence-electron chi connectivity index (χ2n) is 6.76. The van der Waals surface area contributed by atoms with E-state index in [0.717, 1.165) is 10.0 Å². The second-order valence-corrected chi connectivity index (χ2v) is 17.9. The van der Waals surface area contributed by atoms with Crippen molar-refractivity contribution in [1.82, 2.24) is 10.4 Å². The fourth-order valence-corrected chi connectivity index (χ4v) is 6.34. The van der Waals surface area contributed by atoms with Crippen LogP contribution in [0.2, 0.25) is 4.44 Å². The van der Waals surface area contributed by atoms with Crippen molar-refractivity contribution < 1.29 is 4.92 Å². The molecule has 0 aliphatic rings. The Kier molecular flexibility index (Phi) is 12.8. The van der Waals surface area contributed by atoms with Gasteiger partial charge in [-0.05, 0) is 18.2 Å². The van der Waals surface area contributed by atoms with Crippen LogP contribution in [0.25, 0.3) is 0 Å². The molecule has 0 fully saturated rings. The zero-order chi connectivity index (χ0) is 24.8. The number of nitrogens with zero attached hydrogens (tertiary/aromatic N) is 4. The third kappa shape index (κ3) is 9.92. The van der Waals surface area contributed by atoms with Gasteiger partial charge in [0.1, 0.15) is 11.4 Å². The van der Waals surface area contributed by atoms with Gasteiger partial charge in [0.05, 0.1) is 10.6 Å². The van der Waals surface area contributed by atoms with E-state index in [4.69, 9.17) is 30.5 Å². The quantitative estimate of drug-likeness (QED) is 0.0793. The molecule has 0 radical (unpaired) electrons. The average Bonchev–Trinajstić information content (AvgIpc) is 2.85. The molecule has 3 rings (SSSR count). The molecule has 1 aromatic heterocycles. The molecule has 7 nitrogen and oxygen atoms in total. The largest absolute Gasteiger partial charge is 0.741 e. The Morgan fingerprint density at radius 1 is 1.09 bits per heavy atom. The summed E-state index contributed by atoms with van der Waals surface area (Å²) in [6, 6.07) is 21.1. The first-order valence-electron chi connectivity index (χ1n) is 10.4. The summed E-state index contributed by atoms with van der Waals surface area (Å²) in [7, 11) is 11.2. The van der Waals surface area contributed by atoms with Crippen LogP contribution in [0.15, 0.2) is 89.1 Å². The summed E-state index contributed by atoms with van der Waals surface area (Å²) in [5.74, 6) is 0. The average molecular weight is 623 g/mol. The standard InChI is InChI=1S/C19H15N5O2S.C4H9.2ClH.Sn/c25-24(26)17-12-5-4-10-15(17)21-19(27)23-22-18(14-8-2-1-3-9-14)16-11-6-7-13-20-16;1-3-4-2;;;/h1-13H,(H2,21,23,27);1,3-4H2,2H3;2*1H;/q;;;;+3/p-3/b22-18+;;;;. The maximum absolute atomic E-state index is 11.1. The first-order valence-corrected chi connectivity index (χ1v) is 20.0. The van der Waals surface area contributed by atoms with Gasteiger partial charge >= 0.3 is 59.6 Å². The van der Waals surface area contributed by atoms with E-state index in [-0.39, 0.29) is 16.5 Å². The summed E-state index contributed by atoms with van der Waals surface area (Å²) in [5.41, 5.74) is 4.80. The van der Waals surface area contributed by atoms with Crippen LogP contribution in [-0.2, 0) is 12.6 Å². The molecule has 0 amide bonds. The number of unbranched alkanes of at least 4 members (excludes halogenated alkanes) is 1. The van der Waals surface area contributed by atoms with Crippen molar-refractivity contribution in [2.24, 2.45) is 10.1 Å². The topological polar surface area (TPSA) is 92.8 Å². The minimum Gasteiger partial charge on any atom is -0.741 e. The molecule has 0 atom stereocenters. The number of rotatable bonds is 8. The molecule has 3 aromatic rings. The predicted octanol–water partition coefficient (Wildman–Crippen LogP) is 6.32. The molecule has 0 saturated carbocycles. The summed E-state index contributed by atoms with van der Waals surface area (Å²) in [4.78, 5) is 19.0. The predicted molar refractivity (Wildman–Crippen MR) is 144 cm³/mol. The monoisotopic (exact) mass is 623 g/mol. The zero-order valence-corrected chi connectivity index (χ0v) is 23.6. The number of amidine groups is 1. The number of pyridine rings is 1. The van der Waals surface area contributed by atoms with Crippen molar-refractivity contribution in [3.8, 4) is 0 Å². The summed E-state index contributed by atoms with van der Waals surface area (Å²) in [6.07, 6.45) is 4.12. The van der Waals surface area contributed by atoms with Gasteiger partial charge in [-0.1, -0.05) is 48.5 Å². The molecule has 0 spiro atoms.